The van der Waals surface area contributed by atoms with Gasteiger partial charge in [-0.2, -0.15) is 13.2 Å². The maximum atomic E-state index is 13.3. The first-order chi connectivity index (χ1) is 18.1. The summed E-state index contributed by atoms with van der Waals surface area (Å²) >= 11 is 4.39. The van der Waals surface area contributed by atoms with Gasteiger partial charge in [0.05, 0.1) is 18.4 Å². The van der Waals surface area contributed by atoms with Crippen LogP contribution in [-0.4, -0.2) is 40.8 Å². The summed E-state index contributed by atoms with van der Waals surface area (Å²) in [6.45, 7) is 0.247. The number of benzene rings is 3. The molecule has 38 heavy (non-hydrogen) atoms. The second-order valence-electron chi connectivity index (χ2n) is 8.39. The number of halogens is 4. The average molecular weight is 606 g/mol. The van der Waals surface area contributed by atoms with Gasteiger partial charge in [-0.3, -0.25) is 14.5 Å². The smallest absolute Gasteiger partial charge is 0.416 e. The van der Waals surface area contributed by atoms with E-state index < -0.39 is 22.9 Å². The highest BCUT2D eigenvalue weighted by atomic mass is 79.9. The molecule has 0 aromatic heterocycles. The molecule has 1 saturated heterocycles. The molecule has 3 aromatic rings. The standard InChI is InChI=1S/C27H23BrF3N3O3S/c1-37-22-11-5-17(6-12-22)13-14-34-24(35)16-23(25(36)32-20-9-7-19(28)8-10-20)38-26(34)33-21-4-2-3-18(15-21)27(29,30)31/h2-12,15,23H,13-14,16H2,1H3,(H,32,36). The summed E-state index contributed by atoms with van der Waals surface area (Å²) in [5.41, 5.74) is 0.695. The van der Waals surface area contributed by atoms with Gasteiger partial charge in [0.25, 0.3) is 0 Å². The molecule has 0 spiro atoms. The number of amides is 2. The van der Waals surface area contributed by atoms with Crippen molar-refractivity contribution in [1.29, 1.82) is 0 Å². The van der Waals surface area contributed by atoms with Gasteiger partial charge in [0.1, 0.15) is 11.0 Å². The third-order valence-corrected chi connectivity index (χ3v) is 7.44. The number of ether oxygens (including phenoxy) is 1. The highest BCUT2D eigenvalue weighted by Gasteiger charge is 2.36. The SMILES string of the molecule is COc1ccc(CCN2C(=O)CC(C(=O)Nc3ccc(Br)cc3)SC2=Nc2cccc(C(F)(F)F)c2)cc1. The fourth-order valence-electron chi connectivity index (χ4n) is 3.71. The van der Waals surface area contributed by atoms with Gasteiger partial charge in [0.2, 0.25) is 11.8 Å². The molecule has 4 rings (SSSR count). The Labute approximate surface area is 230 Å². The monoisotopic (exact) mass is 605 g/mol. The highest BCUT2D eigenvalue weighted by molar-refractivity contribution is 9.10. The van der Waals surface area contributed by atoms with Gasteiger partial charge in [0.15, 0.2) is 5.17 Å². The Kier molecular flexibility index (Phi) is 8.78. The first-order valence-electron chi connectivity index (χ1n) is 11.5. The molecule has 1 aliphatic heterocycles. The van der Waals surface area contributed by atoms with Crippen LogP contribution in [0.15, 0.2) is 82.3 Å². The van der Waals surface area contributed by atoms with Crippen molar-refractivity contribution in [2.75, 3.05) is 19.0 Å². The molecule has 1 aliphatic rings. The number of anilines is 1. The number of alkyl halides is 3. The van der Waals surface area contributed by atoms with Crippen molar-refractivity contribution in [3.63, 3.8) is 0 Å². The van der Waals surface area contributed by atoms with Gasteiger partial charge >= 0.3 is 6.18 Å². The molecule has 2 amide bonds. The summed E-state index contributed by atoms with van der Waals surface area (Å²) < 4.78 is 45.8. The molecule has 1 unspecified atom stereocenters. The van der Waals surface area contributed by atoms with Crippen LogP contribution in [0, 0.1) is 0 Å². The molecular weight excluding hydrogens is 583 g/mol. The predicted octanol–water partition coefficient (Wildman–Crippen LogP) is 6.68. The number of aliphatic imine (C=N–C) groups is 1. The molecule has 11 heteroatoms. The van der Waals surface area contributed by atoms with E-state index in [0.717, 1.165) is 33.9 Å². The molecular formula is C27H23BrF3N3O3S. The summed E-state index contributed by atoms with van der Waals surface area (Å²) in [6.07, 6.45) is -4.13. The second kappa shape index (κ2) is 12.0. The maximum absolute atomic E-state index is 13.3. The number of hydrogen-bond donors (Lipinski definition) is 1. The van der Waals surface area contributed by atoms with Crippen LogP contribution >= 0.6 is 27.7 Å². The largest absolute Gasteiger partial charge is 0.497 e. The minimum atomic E-state index is -4.53. The Morgan fingerprint density at radius 3 is 2.50 bits per heavy atom. The van der Waals surface area contributed by atoms with Crippen LogP contribution in [0.3, 0.4) is 0 Å². The van der Waals surface area contributed by atoms with Crippen molar-refractivity contribution < 1.29 is 27.5 Å². The van der Waals surface area contributed by atoms with Crippen LogP contribution in [0.2, 0.25) is 0 Å². The van der Waals surface area contributed by atoms with Crippen LogP contribution < -0.4 is 10.1 Å². The number of hydrogen-bond acceptors (Lipinski definition) is 5. The number of methoxy groups -OCH3 is 1. The summed E-state index contributed by atoms with van der Waals surface area (Å²) in [7, 11) is 1.57. The lowest BCUT2D eigenvalue weighted by atomic mass is 10.1. The number of nitrogens with zero attached hydrogens (tertiary/aromatic N) is 2. The maximum Gasteiger partial charge on any atom is 0.416 e. The van der Waals surface area contributed by atoms with Gasteiger partial charge < -0.3 is 10.1 Å². The molecule has 1 fully saturated rings. The van der Waals surface area contributed by atoms with Crippen LogP contribution in [0.1, 0.15) is 17.5 Å². The van der Waals surface area contributed by atoms with E-state index in [9.17, 15) is 22.8 Å². The lowest BCUT2D eigenvalue weighted by Crippen LogP contribution is -2.46. The molecule has 0 bridgehead atoms. The topological polar surface area (TPSA) is 71.0 Å². The van der Waals surface area contributed by atoms with Crippen molar-refractivity contribution in [3.8, 4) is 5.75 Å². The number of carbonyl (C=O) groups is 2. The van der Waals surface area contributed by atoms with E-state index in [0.29, 0.717) is 17.9 Å². The fraction of sp³-hybridized carbons (Fsp3) is 0.222. The van der Waals surface area contributed by atoms with Crippen LogP contribution in [0.5, 0.6) is 5.75 Å². The van der Waals surface area contributed by atoms with Crippen molar-refractivity contribution in [2.24, 2.45) is 4.99 Å². The van der Waals surface area contributed by atoms with Gasteiger partial charge in [0, 0.05) is 23.1 Å². The summed E-state index contributed by atoms with van der Waals surface area (Å²) in [5, 5.41) is 2.16. The molecule has 3 aromatic carbocycles. The fourth-order valence-corrected chi connectivity index (χ4v) is 5.10. The first kappa shape index (κ1) is 27.7. The van der Waals surface area contributed by atoms with E-state index in [1.807, 2.05) is 24.3 Å². The van der Waals surface area contributed by atoms with Crippen LogP contribution in [0.4, 0.5) is 24.5 Å². The summed E-state index contributed by atoms with van der Waals surface area (Å²) in [6, 6.07) is 18.9. The van der Waals surface area contributed by atoms with Crippen molar-refractivity contribution in [1.82, 2.24) is 4.90 Å². The molecule has 1 N–H and O–H groups in total. The number of carbonyl (C=O) groups excluding carboxylic acids is 2. The van der Waals surface area contributed by atoms with Gasteiger partial charge in [-0.15, -0.1) is 0 Å². The van der Waals surface area contributed by atoms with E-state index in [4.69, 9.17) is 4.74 Å². The Balaban J connectivity index is 1.58. The summed E-state index contributed by atoms with van der Waals surface area (Å²) in [4.78, 5) is 32.0. The number of thioether (sulfide) groups is 1. The third kappa shape index (κ3) is 7.16. The van der Waals surface area contributed by atoms with E-state index in [1.54, 1.807) is 31.4 Å². The Hall–Kier alpha value is -3.31. The van der Waals surface area contributed by atoms with Crippen molar-refractivity contribution in [2.45, 2.75) is 24.3 Å². The zero-order valence-electron chi connectivity index (χ0n) is 20.2. The number of nitrogens with one attached hydrogen (secondary N) is 1. The molecule has 1 atom stereocenters. The van der Waals surface area contributed by atoms with Crippen molar-refractivity contribution in [3.05, 3.63) is 88.4 Å². The summed E-state index contributed by atoms with van der Waals surface area (Å²) in [5.74, 6) is -0.0269. The zero-order valence-corrected chi connectivity index (χ0v) is 22.6. The quantitative estimate of drug-likeness (QED) is 0.326. The first-order valence-corrected chi connectivity index (χ1v) is 13.2. The van der Waals surface area contributed by atoms with Crippen LogP contribution in [-0.2, 0) is 22.2 Å². The second-order valence-corrected chi connectivity index (χ2v) is 10.5. The molecule has 0 radical (unpaired) electrons. The number of amidine groups is 1. The molecule has 198 valence electrons. The van der Waals surface area contributed by atoms with Gasteiger partial charge in [-0.25, -0.2) is 4.99 Å². The van der Waals surface area contributed by atoms with E-state index in [2.05, 4.69) is 26.2 Å². The molecule has 6 nitrogen and oxygen atoms in total. The van der Waals surface area contributed by atoms with Gasteiger partial charge in [-0.05, 0) is 66.6 Å². The highest BCUT2D eigenvalue weighted by Crippen LogP contribution is 2.34. The predicted molar refractivity (Wildman–Crippen MR) is 146 cm³/mol. The zero-order chi connectivity index (χ0) is 27.3. The van der Waals surface area contributed by atoms with E-state index in [-0.39, 0.29) is 29.7 Å². The van der Waals surface area contributed by atoms with E-state index in [1.165, 1.54) is 17.0 Å². The lowest BCUT2D eigenvalue weighted by Gasteiger charge is -2.32. The Bertz CT molecular complexity index is 1330. The minimum absolute atomic E-state index is 0.0403. The van der Waals surface area contributed by atoms with Crippen LogP contribution in [0.25, 0.3) is 0 Å². The molecule has 1 heterocycles. The minimum Gasteiger partial charge on any atom is -0.497 e. The Morgan fingerprint density at radius 1 is 1.13 bits per heavy atom. The Morgan fingerprint density at radius 2 is 1.84 bits per heavy atom. The molecule has 0 saturated carbocycles. The third-order valence-electron chi connectivity index (χ3n) is 5.73. The average Bonchev–Trinajstić information content (AvgIpc) is 2.89. The van der Waals surface area contributed by atoms with Gasteiger partial charge in [-0.1, -0.05) is 45.9 Å². The molecule has 0 aliphatic carbocycles. The number of rotatable bonds is 7. The lowest BCUT2D eigenvalue weighted by molar-refractivity contribution is -0.137. The normalized spacial score (nSPS) is 17.0. The van der Waals surface area contributed by atoms with E-state index >= 15 is 0 Å². The van der Waals surface area contributed by atoms with Crippen molar-refractivity contribution >= 4 is 56.0 Å².